The number of hydrogen-bond acceptors (Lipinski definition) is 7. The summed E-state index contributed by atoms with van der Waals surface area (Å²) in [6.07, 6.45) is -6.74. The highest BCUT2D eigenvalue weighted by molar-refractivity contribution is 7.48. The minimum Gasteiger partial charge on any atom is -0.349 e. The lowest BCUT2D eigenvalue weighted by Crippen LogP contribution is -2.40. The second-order valence-corrected chi connectivity index (χ2v) is 8.72. The number of nitrogens with zero attached hydrogens (tertiary/aromatic N) is 1. The second-order valence-electron chi connectivity index (χ2n) is 7.10. The first kappa shape index (κ1) is 22.1. The second kappa shape index (κ2) is 8.10. The number of phosphoric acid groups is 1. The molecule has 2 fully saturated rings. The first-order chi connectivity index (χ1) is 14.5. The van der Waals surface area contributed by atoms with Crippen LogP contribution in [0, 0.1) is 0 Å². The van der Waals surface area contributed by atoms with Gasteiger partial charge >= 0.3 is 14.0 Å². The number of allylic oxidation sites excluding steroid dienone is 1. The van der Waals surface area contributed by atoms with Gasteiger partial charge in [0, 0.05) is 12.6 Å². The third-order valence-corrected chi connectivity index (χ3v) is 6.38. The van der Waals surface area contributed by atoms with Crippen molar-refractivity contribution in [3.63, 3.8) is 0 Å². The van der Waals surface area contributed by atoms with Crippen molar-refractivity contribution < 1.29 is 50.0 Å². The molecule has 13 heteroatoms. The zero-order chi connectivity index (χ0) is 22.4. The van der Waals surface area contributed by atoms with Gasteiger partial charge in [-0.2, -0.15) is 13.2 Å². The van der Waals surface area contributed by atoms with Gasteiger partial charge in [0.1, 0.15) is 18.4 Å². The van der Waals surface area contributed by atoms with Crippen LogP contribution in [-0.2, 0) is 45.2 Å². The number of ketones is 1. The molecule has 0 aliphatic carbocycles. The predicted molar refractivity (Wildman–Crippen MR) is 93.6 cm³/mol. The van der Waals surface area contributed by atoms with E-state index in [1.165, 1.54) is 12.1 Å². The van der Waals surface area contributed by atoms with Gasteiger partial charge in [-0.05, 0) is 17.7 Å². The SMILES string of the molecule is O=C1CC(=O)N([C@H]2C[C@@H]3OP(=O)(OCc4ccc(C(F)(F)F)cc4)OC[C@H]3O2)C=C1F. The van der Waals surface area contributed by atoms with Crippen LogP contribution >= 0.6 is 7.82 Å². The fourth-order valence-corrected chi connectivity index (χ4v) is 4.71. The third kappa shape index (κ3) is 4.73. The Balaban J connectivity index is 1.36. The highest BCUT2D eigenvalue weighted by Gasteiger charge is 2.49. The van der Waals surface area contributed by atoms with Gasteiger partial charge in [-0.1, -0.05) is 12.1 Å². The van der Waals surface area contributed by atoms with Crippen molar-refractivity contribution in [1.29, 1.82) is 0 Å². The van der Waals surface area contributed by atoms with Crippen molar-refractivity contribution in [2.45, 2.75) is 44.1 Å². The van der Waals surface area contributed by atoms with Crippen LogP contribution in [0.5, 0.6) is 0 Å². The number of carbonyl (C=O) groups excluding carboxylic acids is 2. The van der Waals surface area contributed by atoms with E-state index in [2.05, 4.69) is 0 Å². The molecule has 0 spiro atoms. The first-order valence-corrected chi connectivity index (χ1v) is 10.6. The Morgan fingerprint density at radius 2 is 1.87 bits per heavy atom. The Kier molecular flexibility index (Phi) is 5.78. The van der Waals surface area contributed by atoms with E-state index in [4.69, 9.17) is 18.3 Å². The summed E-state index contributed by atoms with van der Waals surface area (Å²) >= 11 is 0. The average Bonchev–Trinajstić information content (AvgIpc) is 3.11. The summed E-state index contributed by atoms with van der Waals surface area (Å²) < 4.78 is 85.5. The molecule has 4 atom stereocenters. The zero-order valence-corrected chi connectivity index (χ0v) is 16.6. The smallest absolute Gasteiger partial charge is 0.349 e. The monoisotopic (exact) mass is 465 g/mol. The number of benzene rings is 1. The quantitative estimate of drug-likeness (QED) is 0.382. The lowest BCUT2D eigenvalue weighted by atomic mass is 10.1. The molecule has 3 aliphatic rings. The van der Waals surface area contributed by atoms with Gasteiger partial charge in [-0.25, -0.2) is 8.96 Å². The largest absolute Gasteiger partial charge is 0.475 e. The summed E-state index contributed by atoms with van der Waals surface area (Å²) in [7, 11) is -4.05. The van der Waals surface area contributed by atoms with E-state index >= 15 is 0 Å². The lowest BCUT2D eigenvalue weighted by molar-refractivity contribution is -0.146. The van der Waals surface area contributed by atoms with Gasteiger partial charge in [-0.15, -0.1) is 0 Å². The number of halogens is 4. The number of hydrogen-bond donors (Lipinski definition) is 0. The molecule has 168 valence electrons. The normalized spacial score (nSPS) is 31.5. The molecule has 31 heavy (non-hydrogen) atoms. The molecule has 2 saturated heterocycles. The molecular formula is C18H16F4NO7P. The molecule has 0 bridgehead atoms. The molecule has 1 unspecified atom stereocenters. The molecule has 0 radical (unpaired) electrons. The summed E-state index contributed by atoms with van der Waals surface area (Å²) in [6, 6.07) is 4.10. The minimum atomic E-state index is -4.48. The number of fused-ring (bicyclic) bond motifs is 1. The topological polar surface area (TPSA) is 91.4 Å². The van der Waals surface area contributed by atoms with Crippen LogP contribution in [0.3, 0.4) is 0 Å². The number of phosphoric ester groups is 1. The maximum Gasteiger partial charge on any atom is 0.475 e. The van der Waals surface area contributed by atoms with Crippen LogP contribution in [0.15, 0.2) is 36.3 Å². The molecule has 1 aromatic carbocycles. The number of alkyl halides is 3. The summed E-state index contributed by atoms with van der Waals surface area (Å²) in [6.45, 7) is -0.517. The Morgan fingerprint density at radius 1 is 1.16 bits per heavy atom. The van der Waals surface area contributed by atoms with E-state index < -0.39 is 61.9 Å². The van der Waals surface area contributed by atoms with E-state index in [1.807, 2.05) is 0 Å². The Labute approximate surface area is 173 Å². The maximum absolute atomic E-state index is 13.6. The van der Waals surface area contributed by atoms with Gasteiger partial charge in [0.15, 0.2) is 5.83 Å². The van der Waals surface area contributed by atoms with Crippen LogP contribution in [0.1, 0.15) is 24.0 Å². The van der Waals surface area contributed by atoms with Gasteiger partial charge in [-0.3, -0.25) is 28.1 Å². The molecule has 0 saturated carbocycles. The van der Waals surface area contributed by atoms with Crippen molar-refractivity contribution >= 4 is 19.5 Å². The van der Waals surface area contributed by atoms with Crippen molar-refractivity contribution in [2.75, 3.05) is 6.61 Å². The molecule has 4 rings (SSSR count). The number of amides is 1. The summed E-state index contributed by atoms with van der Waals surface area (Å²) in [5.41, 5.74) is -0.508. The highest BCUT2D eigenvalue weighted by Crippen LogP contribution is 2.56. The van der Waals surface area contributed by atoms with Gasteiger partial charge in [0.2, 0.25) is 11.7 Å². The van der Waals surface area contributed by atoms with E-state index in [0.717, 1.165) is 23.2 Å². The van der Waals surface area contributed by atoms with Gasteiger partial charge in [0.05, 0.1) is 25.2 Å². The molecule has 0 aromatic heterocycles. The fourth-order valence-electron chi connectivity index (χ4n) is 3.33. The van der Waals surface area contributed by atoms with Gasteiger partial charge < -0.3 is 4.74 Å². The summed E-state index contributed by atoms with van der Waals surface area (Å²) in [5.74, 6) is -2.63. The van der Waals surface area contributed by atoms with Crippen molar-refractivity contribution in [3.8, 4) is 0 Å². The van der Waals surface area contributed by atoms with Crippen LogP contribution in [0.25, 0.3) is 0 Å². The Hall–Kier alpha value is -2.11. The van der Waals surface area contributed by atoms with Crippen molar-refractivity contribution in [1.82, 2.24) is 4.90 Å². The molecular weight excluding hydrogens is 449 g/mol. The molecule has 3 heterocycles. The maximum atomic E-state index is 13.6. The molecule has 8 nitrogen and oxygen atoms in total. The van der Waals surface area contributed by atoms with E-state index in [0.29, 0.717) is 5.56 Å². The Morgan fingerprint density at radius 3 is 2.55 bits per heavy atom. The zero-order valence-electron chi connectivity index (χ0n) is 15.7. The van der Waals surface area contributed by atoms with E-state index in [9.17, 15) is 31.7 Å². The molecule has 0 N–H and O–H groups in total. The number of rotatable bonds is 4. The third-order valence-electron chi connectivity index (χ3n) is 4.94. The first-order valence-electron chi connectivity index (χ1n) is 9.15. The number of ether oxygens (including phenoxy) is 1. The highest BCUT2D eigenvalue weighted by atomic mass is 31.2. The fraction of sp³-hybridized carbons (Fsp3) is 0.444. The van der Waals surface area contributed by atoms with Crippen LogP contribution < -0.4 is 0 Å². The van der Waals surface area contributed by atoms with Gasteiger partial charge in [0.25, 0.3) is 0 Å². The number of carbonyl (C=O) groups is 2. The summed E-state index contributed by atoms with van der Waals surface area (Å²) in [5, 5.41) is 0. The van der Waals surface area contributed by atoms with Crippen LogP contribution in [0.4, 0.5) is 17.6 Å². The van der Waals surface area contributed by atoms with E-state index in [-0.39, 0.29) is 19.6 Å². The van der Waals surface area contributed by atoms with Crippen molar-refractivity contribution in [2.24, 2.45) is 0 Å². The standard InChI is InChI=1S/C18H16F4NO7P/c19-12-7-23(16(25)5-13(12)24)17-6-14-15(29-17)9-28-31(26,30-14)27-8-10-1-3-11(4-2-10)18(20,21)22/h1-4,7,14-15,17H,5-6,8-9H2/t14-,15+,17+,31?/m0/s1. The summed E-state index contributed by atoms with van der Waals surface area (Å²) in [4.78, 5) is 24.2. The van der Waals surface area contributed by atoms with Crippen LogP contribution in [0.2, 0.25) is 0 Å². The molecule has 3 aliphatic heterocycles. The average molecular weight is 465 g/mol. The molecule has 1 amide bonds. The van der Waals surface area contributed by atoms with Crippen molar-refractivity contribution in [3.05, 3.63) is 47.4 Å². The Bertz CT molecular complexity index is 965. The van der Waals surface area contributed by atoms with Crippen LogP contribution in [-0.4, -0.2) is 41.6 Å². The number of Topliss-reactive ketones (excluding diaryl/α,β-unsaturated/α-hetero) is 1. The lowest BCUT2D eigenvalue weighted by Gasteiger charge is -2.30. The molecule has 1 aromatic rings. The predicted octanol–water partition coefficient (Wildman–Crippen LogP) is 3.47. The minimum absolute atomic E-state index is 0.0331. The van der Waals surface area contributed by atoms with E-state index in [1.54, 1.807) is 0 Å².